The first-order valence-electron chi connectivity index (χ1n) is 17.1. The third kappa shape index (κ3) is 4.17. The summed E-state index contributed by atoms with van der Waals surface area (Å²) < 4.78 is 43.0. The predicted octanol–water partition coefficient (Wildman–Crippen LogP) is 12.6. The molecule has 0 N–H and O–H groups in total. The maximum Gasteiger partial charge on any atom is 0.136 e. The molecule has 0 aliphatic rings. The Labute approximate surface area is 267 Å². The third-order valence-corrected chi connectivity index (χ3v) is 8.72. The number of para-hydroxylation sites is 1. The summed E-state index contributed by atoms with van der Waals surface area (Å²) in [5.74, 6) is 0. The van der Waals surface area contributed by atoms with E-state index in [9.17, 15) is 2.74 Å². The van der Waals surface area contributed by atoms with Crippen LogP contribution in [0.15, 0.2) is 174 Å². The minimum Gasteiger partial charge on any atom is -0.456 e. The van der Waals surface area contributed by atoms with Gasteiger partial charge in [-0.05, 0) is 90.3 Å². The van der Waals surface area contributed by atoms with Crippen LogP contribution in [0.1, 0.15) is 5.48 Å². The lowest BCUT2D eigenvalue weighted by Crippen LogP contribution is -1.92. The SMILES string of the molecule is [2H]c1c([2H])c(-c2ccccc2)c([2H])c(-c2c3ccccc3c(-c3cc(-c4ccccc4)cc4oc5ccccc5c34)c3ccccc23)c1[2H]. The maximum absolute atomic E-state index is 9.53. The second-order valence-electron chi connectivity index (χ2n) is 11.3. The van der Waals surface area contributed by atoms with Gasteiger partial charge >= 0.3 is 0 Å². The summed E-state index contributed by atoms with van der Waals surface area (Å²) in [6, 6.07) is 48.2. The Kier molecular flexibility index (Phi) is 5.00. The van der Waals surface area contributed by atoms with E-state index in [-0.39, 0.29) is 24.2 Å². The molecule has 9 aromatic rings. The first kappa shape index (κ1) is 21.7. The molecule has 0 spiro atoms. The molecule has 1 nitrogen and oxygen atoms in total. The zero-order chi connectivity index (χ0) is 33.2. The third-order valence-electron chi connectivity index (χ3n) is 8.72. The van der Waals surface area contributed by atoms with Gasteiger partial charge in [0.25, 0.3) is 0 Å². The molecule has 0 bridgehead atoms. The van der Waals surface area contributed by atoms with Crippen LogP contribution in [0.3, 0.4) is 0 Å². The first-order valence-corrected chi connectivity index (χ1v) is 15.1. The monoisotopic (exact) mass is 576 g/mol. The molecule has 9 rings (SSSR count). The van der Waals surface area contributed by atoms with Gasteiger partial charge < -0.3 is 4.42 Å². The molecule has 45 heavy (non-hydrogen) atoms. The lowest BCUT2D eigenvalue weighted by molar-refractivity contribution is 0.669. The maximum atomic E-state index is 9.53. The number of hydrogen-bond donors (Lipinski definition) is 0. The van der Waals surface area contributed by atoms with Crippen LogP contribution in [0.5, 0.6) is 0 Å². The fraction of sp³-hybridized carbons (Fsp3) is 0. The fourth-order valence-corrected chi connectivity index (χ4v) is 6.75. The van der Waals surface area contributed by atoms with E-state index in [0.29, 0.717) is 16.7 Å². The molecule has 1 heterocycles. The number of fused-ring (bicyclic) bond motifs is 5. The molecule has 0 atom stereocenters. The van der Waals surface area contributed by atoms with Gasteiger partial charge in [0, 0.05) is 10.8 Å². The van der Waals surface area contributed by atoms with Crippen LogP contribution in [0.25, 0.3) is 88.0 Å². The van der Waals surface area contributed by atoms with Crippen LogP contribution in [0.4, 0.5) is 0 Å². The normalized spacial score (nSPS) is 12.8. The second kappa shape index (κ2) is 10.4. The highest BCUT2D eigenvalue weighted by Gasteiger charge is 2.21. The standard InChI is InChI=1S/C44H28O/c1-3-14-29(15-4-1)31-18-13-19-32(26-31)42-34-20-7-9-22-36(34)43(37-23-10-8-21-35(37)42)39-27-33(30-16-5-2-6-17-30)28-41-44(39)38-24-11-12-25-40(38)45-41/h1-28H/i13D,18D,19D,26D. The fourth-order valence-electron chi connectivity index (χ4n) is 6.75. The topological polar surface area (TPSA) is 13.1 Å². The molecule has 0 aliphatic carbocycles. The smallest absolute Gasteiger partial charge is 0.136 e. The minimum atomic E-state index is -0.191. The summed E-state index contributed by atoms with van der Waals surface area (Å²) in [6.45, 7) is 0. The minimum absolute atomic E-state index is 0.0783. The van der Waals surface area contributed by atoms with Crippen molar-refractivity contribution >= 4 is 43.5 Å². The molecule has 1 heteroatoms. The van der Waals surface area contributed by atoms with Gasteiger partial charge in [-0.15, -0.1) is 0 Å². The lowest BCUT2D eigenvalue weighted by Gasteiger charge is -2.19. The highest BCUT2D eigenvalue weighted by atomic mass is 16.3. The van der Waals surface area contributed by atoms with Gasteiger partial charge in [0.05, 0.1) is 5.48 Å². The molecule has 0 saturated heterocycles. The molecule has 0 saturated carbocycles. The Morgan fingerprint density at radius 1 is 0.400 bits per heavy atom. The zero-order valence-electron chi connectivity index (χ0n) is 28.3. The summed E-state index contributed by atoms with van der Waals surface area (Å²) in [5.41, 5.74) is 7.94. The van der Waals surface area contributed by atoms with Crippen molar-refractivity contribution in [2.45, 2.75) is 0 Å². The Balaban J connectivity index is 1.46. The number of hydrogen-bond acceptors (Lipinski definition) is 1. The second-order valence-corrected chi connectivity index (χ2v) is 11.3. The number of furan rings is 1. The van der Waals surface area contributed by atoms with Crippen LogP contribution >= 0.6 is 0 Å². The summed E-state index contributed by atoms with van der Waals surface area (Å²) in [4.78, 5) is 0. The quantitative estimate of drug-likeness (QED) is 0.190. The van der Waals surface area contributed by atoms with Crippen molar-refractivity contribution in [2.24, 2.45) is 0 Å². The number of rotatable bonds is 4. The molecule has 0 fully saturated rings. The van der Waals surface area contributed by atoms with Gasteiger partial charge in [-0.25, -0.2) is 0 Å². The Morgan fingerprint density at radius 3 is 1.56 bits per heavy atom. The first-order chi connectivity index (χ1) is 24.0. The summed E-state index contributed by atoms with van der Waals surface area (Å²) in [5, 5.41) is 5.74. The van der Waals surface area contributed by atoms with Crippen molar-refractivity contribution in [2.75, 3.05) is 0 Å². The highest BCUT2D eigenvalue weighted by molar-refractivity contribution is 6.26. The van der Waals surface area contributed by atoms with E-state index in [1.54, 1.807) is 0 Å². The van der Waals surface area contributed by atoms with E-state index < -0.39 is 0 Å². The van der Waals surface area contributed by atoms with Gasteiger partial charge in [0.15, 0.2) is 0 Å². The molecular formula is C44H28O. The Hall–Kier alpha value is -5.92. The molecule has 8 aromatic carbocycles. The van der Waals surface area contributed by atoms with E-state index in [1.807, 2.05) is 103 Å². The van der Waals surface area contributed by atoms with Crippen LogP contribution in [-0.2, 0) is 0 Å². The molecule has 0 radical (unpaired) electrons. The van der Waals surface area contributed by atoms with Crippen LogP contribution in [-0.4, -0.2) is 0 Å². The van der Waals surface area contributed by atoms with E-state index in [1.165, 1.54) is 0 Å². The van der Waals surface area contributed by atoms with E-state index in [4.69, 9.17) is 7.16 Å². The van der Waals surface area contributed by atoms with Gasteiger partial charge in [-0.1, -0.05) is 146 Å². The average molecular weight is 577 g/mol. The molecule has 0 amide bonds. The molecule has 1 aromatic heterocycles. The Morgan fingerprint density at radius 2 is 0.911 bits per heavy atom. The average Bonchev–Trinajstić information content (AvgIpc) is 3.53. The predicted molar refractivity (Wildman–Crippen MR) is 190 cm³/mol. The molecule has 0 unspecified atom stereocenters. The van der Waals surface area contributed by atoms with E-state index in [0.717, 1.165) is 71.3 Å². The zero-order valence-corrected chi connectivity index (χ0v) is 24.3. The van der Waals surface area contributed by atoms with Gasteiger partial charge in [-0.2, -0.15) is 0 Å². The van der Waals surface area contributed by atoms with Crippen molar-refractivity contribution in [3.8, 4) is 44.5 Å². The van der Waals surface area contributed by atoms with Crippen LogP contribution in [0, 0.1) is 0 Å². The van der Waals surface area contributed by atoms with E-state index >= 15 is 0 Å². The Bertz CT molecular complexity index is 2690. The van der Waals surface area contributed by atoms with Crippen molar-refractivity contribution < 1.29 is 9.90 Å². The van der Waals surface area contributed by atoms with Gasteiger partial charge in [0.1, 0.15) is 11.2 Å². The van der Waals surface area contributed by atoms with E-state index in [2.05, 4.69) is 42.5 Å². The molecular weight excluding hydrogens is 544 g/mol. The van der Waals surface area contributed by atoms with Crippen molar-refractivity contribution in [3.63, 3.8) is 0 Å². The van der Waals surface area contributed by atoms with Crippen molar-refractivity contribution in [1.29, 1.82) is 0 Å². The summed E-state index contributed by atoms with van der Waals surface area (Å²) in [6.07, 6.45) is 0. The van der Waals surface area contributed by atoms with Crippen molar-refractivity contribution in [1.82, 2.24) is 0 Å². The van der Waals surface area contributed by atoms with Gasteiger partial charge in [-0.3, -0.25) is 0 Å². The van der Waals surface area contributed by atoms with Gasteiger partial charge in [0.2, 0.25) is 0 Å². The van der Waals surface area contributed by atoms with Crippen molar-refractivity contribution in [3.05, 3.63) is 170 Å². The number of benzene rings is 8. The summed E-state index contributed by atoms with van der Waals surface area (Å²) in [7, 11) is 0. The largest absolute Gasteiger partial charge is 0.456 e. The van der Waals surface area contributed by atoms with Crippen LogP contribution < -0.4 is 0 Å². The molecule has 210 valence electrons. The highest BCUT2D eigenvalue weighted by Crippen LogP contribution is 2.48. The molecule has 0 aliphatic heterocycles. The summed E-state index contributed by atoms with van der Waals surface area (Å²) >= 11 is 0. The van der Waals surface area contributed by atoms with Crippen LogP contribution in [0.2, 0.25) is 0 Å². The lowest BCUT2D eigenvalue weighted by atomic mass is 9.83.